The van der Waals surface area contributed by atoms with E-state index in [4.69, 9.17) is 26.1 Å². The standard InChI is InChI=1S/C26H21ClN2O3/c1-15-7-9-19(11-16(15)2)25-28-21(12-18-8-10-23-24(13-18)32-14-31-23)26(30)29(25)22-6-4-5-20(27)17(22)3/h4-13H,14H2,1-3H3. The molecule has 0 atom stereocenters. The Morgan fingerprint density at radius 2 is 1.78 bits per heavy atom. The lowest BCUT2D eigenvalue weighted by atomic mass is 10.0. The third-order valence-corrected chi connectivity index (χ3v) is 6.21. The molecule has 0 fully saturated rings. The van der Waals surface area contributed by atoms with Gasteiger partial charge in [-0.15, -0.1) is 0 Å². The molecular weight excluding hydrogens is 424 g/mol. The van der Waals surface area contributed by atoms with Gasteiger partial charge in [-0.3, -0.25) is 9.69 Å². The molecule has 0 saturated heterocycles. The van der Waals surface area contributed by atoms with Gasteiger partial charge in [-0.05, 0) is 79.4 Å². The van der Waals surface area contributed by atoms with Crippen LogP contribution in [0.1, 0.15) is 27.8 Å². The van der Waals surface area contributed by atoms with Gasteiger partial charge in [0.25, 0.3) is 5.91 Å². The van der Waals surface area contributed by atoms with Crippen molar-refractivity contribution in [2.45, 2.75) is 20.8 Å². The molecule has 0 saturated carbocycles. The number of benzene rings is 3. The fourth-order valence-electron chi connectivity index (χ4n) is 3.81. The maximum absolute atomic E-state index is 13.6. The van der Waals surface area contributed by atoms with Crippen molar-refractivity contribution in [2.75, 3.05) is 11.7 Å². The minimum Gasteiger partial charge on any atom is -0.454 e. The molecule has 3 aromatic rings. The molecular formula is C26H21ClN2O3. The summed E-state index contributed by atoms with van der Waals surface area (Å²) in [5.74, 6) is 1.72. The van der Waals surface area contributed by atoms with Gasteiger partial charge < -0.3 is 9.47 Å². The summed E-state index contributed by atoms with van der Waals surface area (Å²) in [4.78, 5) is 20.0. The molecule has 6 heteroatoms. The van der Waals surface area contributed by atoms with Crippen molar-refractivity contribution in [1.82, 2.24) is 0 Å². The first-order chi connectivity index (χ1) is 15.4. The number of carbonyl (C=O) groups excluding carboxylic acids is 1. The number of nitrogens with zero attached hydrogens (tertiary/aromatic N) is 2. The molecule has 3 aromatic carbocycles. The van der Waals surface area contributed by atoms with E-state index in [1.807, 2.05) is 55.5 Å². The van der Waals surface area contributed by atoms with Crippen molar-refractivity contribution in [2.24, 2.45) is 4.99 Å². The van der Waals surface area contributed by atoms with Crippen LogP contribution in [-0.2, 0) is 4.79 Å². The SMILES string of the molecule is Cc1ccc(C2=NC(=Cc3ccc4c(c3)OCO4)C(=O)N2c2cccc(Cl)c2C)cc1C. The average molecular weight is 445 g/mol. The largest absolute Gasteiger partial charge is 0.454 e. The lowest BCUT2D eigenvalue weighted by Gasteiger charge is -2.21. The Hall–Kier alpha value is -3.57. The number of aryl methyl sites for hydroxylation is 2. The van der Waals surface area contributed by atoms with Crippen LogP contribution < -0.4 is 14.4 Å². The molecule has 0 N–H and O–H groups in total. The number of amides is 1. The molecule has 160 valence electrons. The van der Waals surface area contributed by atoms with E-state index in [0.29, 0.717) is 33.7 Å². The number of halogens is 1. The van der Waals surface area contributed by atoms with Crippen molar-refractivity contribution in [3.8, 4) is 11.5 Å². The number of carbonyl (C=O) groups is 1. The summed E-state index contributed by atoms with van der Waals surface area (Å²) >= 11 is 6.38. The Morgan fingerprint density at radius 3 is 2.59 bits per heavy atom. The first-order valence-electron chi connectivity index (χ1n) is 10.3. The fourth-order valence-corrected chi connectivity index (χ4v) is 3.98. The number of hydrogen-bond donors (Lipinski definition) is 0. The van der Waals surface area contributed by atoms with Crippen LogP contribution in [0.4, 0.5) is 5.69 Å². The average Bonchev–Trinajstić information content (AvgIpc) is 3.37. The van der Waals surface area contributed by atoms with Gasteiger partial charge in [0.05, 0.1) is 5.69 Å². The van der Waals surface area contributed by atoms with E-state index < -0.39 is 0 Å². The van der Waals surface area contributed by atoms with E-state index in [-0.39, 0.29) is 12.7 Å². The number of aliphatic imine (C=N–C) groups is 1. The van der Waals surface area contributed by atoms with E-state index >= 15 is 0 Å². The number of rotatable bonds is 3. The van der Waals surface area contributed by atoms with Gasteiger partial charge in [-0.25, -0.2) is 4.99 Å². The van der Waals surface area contributed by atoms with Gasteiger partial charge in [0.15, 0.2) is 11.5 Å². The van der Waals surface area contributed by atoms with Crippen LogP contribution in [0.2, 0.25) is 5.02 Å². The molecule has 0 aromatic heterocycles. The maximum Gasteiger partial charge on any atom is 0.282 e. The fraction of sp³-hybridized carbons (Fsp3) is 0.154. The second-order valence-corrected chi connectivity index (χ2v) is 8.31. The van der Waals surface area contributed by atoms with Crippen LogP contribution in [-0.4, -0.2) is 18.5 Å². The van der Waals surface area contributed by atoms with Crippen LogP contribution in [0.25, 0.3) is 6.08 Å². The van der Waals surface area contributed by atoms with Crippen molar-refractivity contribution >= 4 is 35.1 Å². The van der Waals surface area contributed by atoms with E-state index in [2.05, 4.69) is 19.9 Å². The molecule has 0 radical (unpaired) electrons. The monoisotopic (exact) mass is 444 g/mol. The molecule has 0 spiro atoms. The molecule has 1 amide bonds. The zero-order valence-corrected chi connectivity index (χ0v) is 18.7. The Kier molecular flexibility index (Phi) is 4.98. The summed E-state index contributed by atoms with van der Waals surface area (Å²) in [6.07, 6.45) is 1.77. The predicted octanol–water partition coefficient (Wildman–Crippen LogP) is 5.83. The minimum absolute atomic E-state index is 0.200. The first-order valence-corrected chi connectivity index (χ1v) is 10.7. The van der Waals surface area contributed by atoms with Crippen LogP contribution in [0.5, 0.6) is 11.5 Å². The summed E-state index contributed by atoms with van der Waals surface area (Å²) in [6.45, 7) is 6.22. The van der Waals surface area contributed by atoms with Crippen molar-refractivity contribution < 1.29 is 14.3 Å². The maximum atomic E-state index is 13.6. The zero-order chi connectivity index (χ0) is 22.4. The Bertz CT molecular complexity index is 1330. The molecule has 0 aliphatic carbocycles. The van der Waals surface area contributed by atoms with Crippen molar-refractivity contribution in [3.63, 3.8) is 0 Å². The van der Waals surface area contributed by atoms with E-state index in [0.717, 1.165) is 22.3 Å². The summed E-state index contributed by atoms with van der Waals surface area (Å²) in [5, 5.41) is 0.600. The van der Waals surface area contributed by atoms with Gasteiger partial charge in [0, 0.05) is 10.6 Å². The van der Waals surface area contributed by atoms with Crippen LogP contribution >= 0.6 is 11.6 Å². The minimum atomic E-state index is -0.207. The first kappa shape index (κ1) is 20.3. The van der Waals surface area contributed by atoms with E-state index in [1.165, 1.54) is 5.56 Å². The molecule has 0 bridgehead atoms. The predicted molar refractivity (Wildman–Crippen MR) is 127 cm³/mol. The summed E-state index contributed by atoms with van der Waals surface area (Å²) in [6, 6.07) is 17.2. The van der Waals surface area contributed by atoms with E-state index in [1.54, 1.807) is 11.0 Å². The van der Waals surface area contributed by atoms with Gasteiger partial charge in [0.1, 0.15) is 11.5 Å². The third-order valence-electron chi connectivity index (χ3n) is 5.81. The second kappa shape index (κ2) is 7.84. The molecule has 2 aliphatic rings. The van der Waals surface area contributed by atoms with Gasteiger partial charge in [0.2, 0.25) is 6.79 Å². The number of anilines is 1. The lowest BCUT2D eigenvalue weighted by molar-refractivity contribution is -0.113. The Balaban J connectivity index is 1.64. The molecule has 5 rings (SSSR count). The Labute approximate surface area is 191 Å². The molecule has 5 nitrogen and oxygen atoms in total. The van der Waals surface area contributed by atoms with Gasteiger partial charge in [-0.2, -0.15) is 0 Å². The summed E-state index contributed by atoms with van der Waals surface area (Å²) in [5.41, 5.74) is 5.88. The third kappa shape index (κ3) is 3.45. The van der Waals surface area contributed by atoms with Crippen LogP contribution in [0, 0.1) is 20.8 Å². The normalized spacial score (nSPS) is 16.1. The smallest absolute Gasteiger partial charge is 0.282 e. The number of hydrogen-bond acceptors (Lipinski definition) is 4. The second-order valence-electron chi connectivity index (χ2n) is 7.90. The number of ether oxygens (including phenoxy) is 2. The lowest BCUT2D eigenvalue weighted by Crippen LogP contribution is -2.33. The quantitative estimate of drug-likeness (QED) is 0.477. The van der Waals surface area contributed by atoms with Gasteiger partial charge in [-0.1, -0.05) is 35.9 Å². The zero-order valence-electron chi connectivity index (χ0n) is 18.0. The summed E-state index contributed by atoms with van der Waals surface area (Å²) < 4.78 is 10.8. The molecule has 2 aliphatic heterocycles. The van der Waals surface area contributed by atoms with Crippen LogP contribution in [0.3, 0.4) is 0 Å². The van der Waals surface area contributed by atoms with Crippen molar-refractivity contribution in [3.05, 3.63) is 93.1 Å². The Morgan fingerprint density at radius 1 is 0.969 bits per heavy atom. The highest BCUT2D eigenvalue weighted by Gasteiger charge is 2.34. The highest BCUT2D eigenvalue weighted by molar-refractivity contribution is 6.35. The van der Waals surface area contributed by atoms with E-state index in [9.17, 15) is 4.79 Å². The topological polar surface area (TPSA) is 51.1 Å². The van der Waals surface area contributed by atoms with Crippen LogP contribution in [0.15, 0.2) is 65.3 Å². The number of amidine groups is 1. The number of fused-ring (bicyclic) bond motifs is 1. The molecule has 32 heavy (non-hydrogen) atoms. The van der Waals surface area contributed by atoms with Gasteiger partial charge >= 0.3 is 0 Å². The highest BCUT2D eigenvalue weighted by Crippen LogP contribution is 2.36. The highest BCUT2D eigenvalue weighted by atomic mass is 35.5. The summed E-state index contributed by atoms with van der Waals surface area (Å²) in [7, 11) is 0. The van der Waals surface area contributed by atoms with Crippen molar-refractivity contribution in [1.29, 1.82) is 0 Å². The molecule has 2 heterocycles. The molecule has 0 unspecified atom stereocenters.